The lowest BCUT2D eigenvalue weighted by atomic mass is 9.96. The Morgan fingerprint density at radius 1 is 1.44 bits per heavy atom. The third kappa shape index (κ3) is 5.19. The summed E-state index contributed by atoms with van der Waals surface area (Å²) in [6.07, 6.45) is 9.00. The van der Waals surface area contributed by atoms with Crippen LogP contribution in [0.15, 0.2) is 0 Å². The van der Waals surface area contributed by atoms with E-state index in [-0.39, 0.29) is 11.9 Å². The van der Waals surface area contributed by atoms with Crippen LogP contribution in [0.2, 0.25) is 0 Å². The first-order valence-electron chi connectivity index (χ1n) is 7.22. The number of thioether (sulfide) groups is 1. The van der Waals surface area contributed by atoms with Crippen LogP contribution in [0.4, 0.5) is 0 Å². The van der Waals surface area contributed by atoms with Crippen molar-refractivity contribution >= 4 is 17.7 Å². The summed E-state index contributed by atoms with van der Waals surface area (Å²) in [7, 11) is 0. The van der Waals surface area contributed by atoms with Gasteiger partial charge in [0.2, 0.25) is 5.91 Å². The standard InChI is InChI=1S/C14H28N2OS/c1-3-5-12-6-4-9-16(10-7-12)14(17)13(15)8-11-18-2/h12-13H,3-11,15H2,1-2H3/t12?,13-/m0/s1. The van der Waals surface area contributed by atoms with Crippen molar-refractivity contribution in [3.05, 3.63) is 0 Å². The maximum absolute atomic E-state index is 12.2. The van der Waals surface area contributed by atoms with Crippen LogP contribution >= 0.6 is 11.8 Å². The highest BCUT2D eigenvalue weighted by Crippen LogP contribution is 2.22. The highest BCUT2D eigenvalue weighted by atomic mass is 32.2. The van der Waals surface area contributed by atoms with Gasteiger partial charge in [-0.3, -0.25) is 4.79 Å². The Morgan fingerprint density at radius 3 is 2.89 bits per heavy atom. The molecular weight excluding hydrogens is 244 g/mol. The molecule has 0 aliphatic carbocycles. The summed E-state index contributed by atoms with van der Waals surface area (Å²) in [5.41, 5.74) is 5.97. The Morgan fingerprint density at radius 2 is 2.22 bits per heavy atom. The van der Waals surface area contributed by atoms with E-state index >= 15 is 0 Å². The Balaban J connectivity index is 2.39. The largest absolute Gasteiger partial charge is 0.341 e. The molecule has 18 heavy (non-hydrogen) atoms. The normalized spacial score (nSPS) is 22.6. The van der Waals surface area contributed by atoms with Gasteiger partial charge in [0.25, 0.3) is 0 Å². The van der Waals surface area contributed by atoms with E-state index in [4.69, 9.17) is 5.73 Å². The second-order valence-electron chi connectivity index (χ2n) is 5.30. The zero-order chi connectivity index (χ0) is 13.4. The number of rotatable bonds is 6. The smallest absolute Gasteiger partial charge is 0.239 e. The van der Waals surface area contributed by atoms with E-state index in [1.807, 2.05) is 4.90 Å². The molecule has 0 aromatic rings. The molecule has 0 spiro atoms. The molecule has 2 atom stereocenters. The van der Waals surface area contributed by atoms with Gasteiger partial charge in [-0.15, -0.1) is 0 Å². The maximum Gasteiger partial charge on any atom is 0.239 e. The van der Waals surface area contributed by atoms with Crippen LogP contribution in [0.25, 0.3) is 0 Å². The van der Waals surface area contributed by atoms with E-state index in [2.05, 4.69) is 13.2 Å². The number of carbonyl (C=O) groups is 1. The molecule has 1 amide bonds. The molecule has 1 fully saturated rings. The molecule has 1 heterocycles. The molecular formula is C14H28N2OS. The molecule has 2 N–H and O–H groups in total. The lowest BCUT2D eigenvalue weighted by Crippen LogP contribution is -2.44. The fourth-order valence-electron chi connectivity index (χ4n) is 2.69. The lowest BCUT2D eigenvalue weighted by molar-refractivity contribution is -0.132. The van der Waals surface area contributed by atoms with Gasteiger partial charge >= 0.3 is 0 Å². The summed E-state index contributed by atoms with van der Waals surface area (Å²) in [5, 5.41) is 0. The van der Waals surface area contributed by atoms with Crippen molar-refractivity contribution in [1.82, 2.24) is 4.90 Å². The number of hydrogen-bond acceptors (Lipinski definition) is 3. The predicted molar refractivity (Wildman–Crippen MR) is 79.8 cm³/mol. The second-order valence-corrected chi connectivity index (χ2v) is 6.28. The Kier molecular flexibility index (Phi) is 7.75. The van der Waals surface area contributed by atoms with Crippen molar-refractivity contribution in [3.8, 4) is 0 Å². The van der Waals surface area contributed by atoms with Crippen LogP contribution in [0.1, 0.15) is 45.4 Å². The number of nitrogens with zero attached hydrogens (tertiary/aromatic N) is 1. The molecule has 1 aliphatic rings. The minimum Gasteiger partial charge on any atom is -0.341 e. The van der Waals surface area contributed by atoms with Crippen molar-refractivity contribution in [2.75, 3.05) is 25.1 Å². The monoisotopic (exact) mass is 272 g/mol. The molecule has 0 aromatic carbocycles. The average molecular weight is 272 g/mol. The van der Waals surface area contributed by atoms with Crippen LogP contribution in [-0.4, -0.2) is 41.9 Å². The average Bonchev–Trinajstić information content (AvgIpc) is 2.61. The van der Waals surface area contributed by atoms with Crippen LogP contribution in [0, 0.1) is 5.92 Å². The first-order valence-corrected chi connectivity index (χ1v) is 8.61. The SMILES string of the molecule is CCCC1CCCN(C(=O)[C@@H](N)CCSC)CC1. The number of carbonyl (C=O) groups excluding carboxylic acids is 1. The molecule has 0 saturated carbocycles. The molecule has 1 saturated heterocycles. The fourth-order valence-corrected chi connectivity index (χ4v) is 3.18. The van der Waals surface area contributed by atoms with Crippen molar-refractivity contribution in [2.45, 2.75) is 51.5 Å². The number of nitrogens with two attached hydrogens (primary N) is 1. The predicted octanol–water partition coefficient (Wildman–Crippen LogP) is 2.50. The second kappa shape index (κ2) is 8.81. The fraction of sp³-hybridized carbons (Fsp3) is 0.929. The molecule has 4 heteroatoms. The summed E-state index contributed by atoms with van der Waals surface area (Å²) in [6.45, 7) is 4.06. The maximum atomic E-state index is 12.2. The Bertz CT molecular complexity index is 248. The van der Waals surface area contributed by atoms with E-state index in [1.54, 1.807) is 11.8 Å². The van der Waals surface area contributed by atoms with Gasteiger partial charge in [-0.2, -0.15) is 11.8 Å². The van der Waals surface area contributed by atoms with E-state index in [9.17, 15) is 4.79 Å². The van der Waals surface area contributed by atoms with Crippen LogP contribution in [-0.2, 0) is 4.79 Å². The molecule has 0 aromatic heterocycles. The first kappa shape index (κ1) is 15.8. The zero-order valence-corrected chi connectivity index (χ0v) is 12.7. The molecule has 0 radical (unpaired) electrons. The molecule has 1 unspecified atom stereocenters. The van der Waals surface area contributed by atoms with Gasteiger partial charge in [-0.25, -0.2) is 0 Å². The molecule has 0 bridgehead atoms. The van der Waals surface area contributed by atoms with E-state index in [0.29, 0.717) is 0 Å². The van der Waals surface area contributed by atoms with Crippen molar-refractivity contribution in [2.24, 2.45) is 11.7 Å². The third-order valence-electron chi connectivity index (χ3n) is 3.81. The Hall–Kier alpha value is -0.220. The van der Waals surface area contributed by atoms with Crippen molar-refractivity contribution < 1.29 is 4.79 Å². The number of likely N-dealkylation sites (tertiary alicyclic amines) is 1. The molecule has 106 valence electrons. The van der Waals surface area contributed by atoms with E-state index < -0.39 is 0 Å². The van der Waals surface area contributed by atoms with Gasteiger partial charge in [-0.05, 0) is 43.6 Å². The van der Waals surface area contributed by atoms with E-state index in [1.165, 1.54) is 19.3 Å². The third-order valence-corrected chi connectivity index (χ3v) is 4.45. The molecule has 1 aliphatic heterocycles. The Labute approximate surface area is 116 Å². The number of hydrogen-bond donors (Lipinski definition) is 1. The van der Waals surface area contributed by atoms with Crippen molar-refractivity contribution in [1.29, 1.82) is 0 Å². The zero-order valence-electron chi connectivity index (χ0n) is 11.9. The van der Waals surface area contributed by atoms with Gasteiger partial charge in [0, 0.05) is 13.1 Å². The van der Waals surface area contributed by atoms with Crippen molar-refractivity contribution in [3.63, 3.8) is 0 Å². The van der Waals surface area contributed by atoms with Crippen LogP contribution in [0.3, 0.4) is 0 Å². The van der Waals surface area contributed by atoms with E-state index in [0.717, 1.165) is 44.0 Å². The first-order chi connectivity index (χ1) is 8.69. The molecule has 1 rings (SSSR count). The molecule has 3 nitrogen and oxygen atoms in total. The highest BCUT2D eigenvalue weighted by molar-refractivity contribution is 7.98. The summed E-state index contributed by atoms with van der Waals surface area (Å²) in [4.78, 5) is 14.2. The summed E-state index contributed by atoms with van der Waals surface area (Å²) in [5.74, 6) is 1.95. The minimum absolute atomic E-state index is 0.168. The quantitative estimate of drug-likeness (QED) is 0.808. The summed E-state index contributed by atoms with van der Waals surface area (Å²) < 4.78 is 0. The highest BCUT2D eigenvalue weighted by Gasteiger charge is 2.23. The minimum atomic E-state index is -0.292. The number of amides is 1. The van der Waals surface area contributed by atoms with Crippen LogP contribution < -0.4 is 5.73 Å². The summed E-state index contributed by atoms with van der Waals surface area (Å²) >= 11 is 1.75. The van der Waals surface area contributed by atoms with Gasteiger partial charge in [0.05, 0.1) is 6.04 Å². The van der Waals surface area contributed by atoms with Gasteiger partial charge < -0.3 is 10.6 Å². The lowest BCUT2D eigenvalue weighted by Gasteiger charge is -2.24. The van der Waals surface area contributed by atoms with Gasteiger partial charge in [0.1, 0.15) is 0 Å². The van der Waals surface area contributed by atoms with Crippen LogP contribution in [0.5, 0.6) is 0 Å². The topological polar surface area (TPSA) is 46.3 Å². The van der Waals surface area contributed by atoms with Gasteiger partial charge in [-0.1, -0.05) is 19.8 Å². The van der Waals surface area contributed by atoms with Gasteiger partial charge in [0.15, 0.2) is 0 Å². The summed E-state index contributed by atoms with van der Waals surface area (Å²) in [6, 6.07) is -0.292.